The summed E-state index contributed by atoms with van der Waals surface area (Å²) in [5.41, 5.74) is 0.0680. The largest absolute Gasteiger partial charge is 0.337 e. The van der Waals surface area contributed by atoms with Gasteiger partial charge in [-0.25, -0.2) is 4.39 Å². The maximum absolute atomic E-state index is 13.4. The fraction of sp³-hybridized carbons (Fsp3) is 0.500. The third kappa shape index (κ3) is 2.57. The van der Waals surface area contributed by atoms with Crippen LogP contribution in [0.2, 0.25) is 0 Å². The van der Waals surface area contributed by atoms with Crippen molar-refractivity contribution in [1.82, 2.24) is 9.88 Å². The molecule has 5 heteroatoms. The average Bonchev–Trinajstić information content (AvgIpc) is 2.32. The fourth-order valence-corrected chi connectivity index (χ4v) is 2.22. The molecule has 2 heterocycles. The molecule has 0 aliphatic carbocycles. The molecular weight excluding hydrogens is 243 g/mol. The standard InChI is InChI=1S/C12H14ClFN2O/c1-8-3-5-16(7-10(8)13)12(17)9-2-4-15-6-11(9)14/h2,4,6,8,10H,3,5,7H2,1H3. The number of pyridine rings is 1. The quantitative estimate of drug-likeness (QED) is 0.723. The first-order chi connectivity index (χ1) is 8.09. The van der Waals surface area contributed by atoms with Crippen LogP contribution in [0, 0.1) is 11.7 Å². The van der Waals surface area contributed by atoms with Gasteiger partial charge in [0.15, 0.2) is 5.82 Å². The summed E-state index contributed by atoms with van der Waals surface area (Å²) < 4.78 is 13.4. The number of hydrogen-bond acceptors (Lipinski definition) is 2. The van der Waals surface area contributed by atoms with Crippen molar-refractivity contribution in [2.75, 3.05) is 13.1 Å². The van der Waals surface area contributed by atoms with Gasteiger partial charge >= 0.3 is 0 Å². The highest BCUT2D eigenvalue weighted by Gasteiger charge is 2.28. The van der Waals surface area contributed by atoms with Crippen LogP contribution in [0.15, 0.2) is 18.5 Å². The molecular formula is C12H14ClFN2O. The highest BCUT2D eigenvalue weighted by atomic mass is 35.5. The second-order valence-electron chi connectivity index (χ2n) is 4.39. The lowest BCUT2D eigenvalue weighted by Crippen LogP contribution is -2.44. The zero-order valence-corrected chi connectivity index (χ0v) is 10.3. The van der Waals surface area contributed by atoms with Crippen LogP contribution in [0.1, 0.15) is 23.7 Å². The summed E-state index contributed by atoms with van der Waals surface area (Å²) >= 11 is 6.13. The first-order valence-electron chi connectivity index (χ1n) is 5.62. The molecule has 2 unspecified atom stereocenters. The van der Waals surface area contributed by atoms with Gasteiger partial charge in [0.25, 0.3) is 5.91 Å². The van der Waals surface area contributed by atoms with Gasteiger partial charge in [-0.1, -0.05) is 6.92 Å². The molecule has 1 fully saturated rings. The number of carbonyl (C=O) groups is 1. The topological polar surface area (TPSA) is 33.2 Å². The Morgan fingerprint density at radius 2 is 2.41 bits per heavy atom. The maximum Gasteiger partial charge on any atom is 0.256 e. The SMILES string of the molecule is CC1CCN(C(=O)c2ccncc2F)CC1Cl. The monoisotopic (exact) mass is 256 g/mol. The van der Waals surface area contributed by atoms with Crippen molar-refractivity contribution in [1.29, 1.82) is 0 Å². The second kappa shape index (κ2) is 5.00. The van der Waals surface area contributed by atoms with E-state index in [1.54, 1.807) is 4.90 Å². The third-order valence-corrected chi connectivity index (χ3v) is 3.72. The van der Waals surface area contributed by atoms with Crippen LogP contribution < -0.4 is 0 Å². The molecule has 1 aliphatic rings. The van der Waals surface area contributed by atoms with Gasteiger partial charge in [0, 0.05) is 19.3 Å². The lowest BCUT2D eigenvalue weighted by Gasteiger charge is -2.34. The van der Waals surface area contributed by atoms with E-state index in [0.29, 0.717) is 19.0 Å². The van der Waals surface area contributed by atoms with Crippen molar-refractivity contribution in [2.45, 2.75) is 18.7 Å². The molecule has 0 radical (unpaired) electrons. The van der Waals surface area contributed by atoms with E-state index in [4.69, 9.17) is 11.6 Å². The van der Waals surface area contributed by atoms with Gasteiger partial charge in [-0.05, 0) is 18.4 Å². The minimum absolute atomic E-state index is 0.0578. The van der Waals surface area contributed by atoms with Gasteiger partial charge in [0.05, 0.1) is 17.1 Å². The number of halogens is 2. The van der Waals surface area contributed by atoms with Gasteiger partial charge in [-0.2, -0.15) is 0 Å². The predicted molar refractivity (Wildman–Crippen MR) is 63.5 cm³/mol. The molecule has 1 aliphatic heterocycles. The zero-order chi connectivity index (χ0) is 12.4. The number of nitrogens with zero attached hydrogens (tertiary/aromatic N) is 2. The molecule has 2 atom stereocenters. The predicted octanol–water partition coefficient (Wildman–Crippen LogP) is 2.31. The number of likely N-dealkylation sites (tertiary alicyclic amines) is 1. The van der Waals surface area contributed by atoms with Crippen molar-refractivity contribution in [2.24, 2.45) is 5.92 Å². The minimum atomic E-state index is -0.581. The maximum atomic E-state index is 13.4. The number of alkyl halides is 1. The van der Waals surface area contributed by atoms with Gasteiger partial charge in [-0.3, -0.25) is 9.78 Å². The van der Waals surface area contributed by atoms with Crippen LogP contribution in [-0.2, 0) is 0 Å². The van der Waals surface area contributed by atoms with Gasteiger partial charge in [0.2, 0.25) is 0 Å². The average molecular weight is 257 g/mol. The Hall–Kier alpha value is -1.16. The van der Waals surface area contributed by atoms with Crippen LogP contribution in [0.3, 0.4) is 0 Å². The summed E-state index contributed by atoms with van der Waals surface area (Å²) in [5, 5.41) is -0.0578. The lowest BCUT2D eigenvalue weighted by molar-refractivity contribution is 0.0696. The molecule has 17 heavy (non-hydrogen) atoms. The summed E-state index contributed by atoms with van der Waals surface area (Å²) in [4.78, 5) is 17.3. The summed E-state index contributed by atoms with van der Waals surface area (Å²) in [6, 6.07) is 1.40. The Kier molecular flexibility index (Phi) is 3.62. The molecule has 2 rings (SSSR count). The molecule has 0 spiro atoms. The van der Waals surface area contributed by atoms with E-state index >= 15 is 0 Å². The lowest BCUT2D eigenvalue weighted by atomic mass is 9.98. The van der Waals surface area contributed by atoms with Gasteiger partial charge in [0.1, 0.15) is 0 Å². The van der Waals surface area contributed by atoms with E-state index in [9.17, 15) is 9.18 Å². The summed E-state index contributed by atoms with van der Waals surface area (Å²) in [5.74, 6) is -0.493. The minimum Gasteiger partial charge on any atom is -0.337 e. The molecule has 3 nitrogen and oxygen atoms in total. The van der Waals surface area contributed by atoms with Crippen LogP contribution in [-0.4, -0.2) is 34.3 Å². The molecule has 1 aromatic rings. The number of piperidine rings is 1. The van der Waals surface area contributed by atoms with Crippen LogP contribution in [0.25, 0.3) is 0 Å². The third-order valence-electron chi connectivity index (χ3n) is 3.16. The van der Waals surface area contributed by atoms with E-state index < -0.39 is 5.82 Å². The summed E-state index contributed by atoms with van der Waals surface area (Å²) in [7, 11) is 0. The van der Waals surface area contributed by atoms with Crippen LogP contribution in [0.5, 0.6) is 0 Å². The van der Waals surface area contributed by atoms with Crippen molar-refractivity contribution in [3.63, 3.8) is 0 Å². The highest BCUT2D eigenvalue weighted by Crippen LogP contribution is 2.23. The Morgan fingerprint density at radius 3 is 3.06 bits per heavy atom. The number of carbonyl (C=O) groups excluding carboxylic acids is 1. The molecule has 1 aromatic heterocycles. The molecule has 0 aromatic carbocycles. The Balaban J connectivity index is 2.14. The van der Waals surface area contributed by atoms with Crippen molar-refractivity contribution in [3.05, 3.63) is 29.8 Å². The number of aromatic nitrogens is 1. The van der Waals surface area contributed by atoms with Crippen LogP contribution >= 0.6 is 11.6 Å². The Labute approximate surface area is 105 Å². The van der Waals surface area contributed by atoms with E-state index in [1.807, 2.05) is 0 Å². The molecule has 1 amide bonds. The van der Waals surface area contributed by atoms with Gasteiger partial charge in [-0.15, -0.1) is 11.6 Å². The highest BCUT2D eigenvalue weighted by molar-refractivity contribution is 6.21. The summed E-state index contributed by atoms with van der Waals surface area (Å²) in [6.07, 6.45) is 3.33. The summed E-state index contributed by atoms with van der Waals surface area (Å²) in [6.45, 7) is 3.17. The molecule has 0 saturated carbocycles. The first kappa shape index (κ1) is 12.3. The van der Waals surface area contributed by atoms with E-state index in [-0.39, 0.29) is 16.8 Å². The molecule has 92 valence electrons. The van der Waals surface area contributed by atoms with Crippen molar-refractivity contribution in [3.8, 4) is 0 Å². The van der Waals surface area contributed by atoms with E-state index in [1.165, 1.54) is 12.3 Å². The molecule has 0 bridgehead atoms. The molecule has 1 saturated heterocycles. The first-order valence-corrected chi connectivity index (χ1v) is 6.06. The number of hydrogen-bond donors (Lipinski definition) is 0. The van der Waals surface area contributed by atoms with Gasteiger partial charge < -0.3 is 4.90 Å². The van der Waals surface area contributed by atoms with Crippen molar-refractivity contribution < 1.29 is 9.18 Å². The zero-order valence-electron chi connectivity index (χ0n) is 9.57. The normalized spacial score (nSPS) is 24.8. The number of amides is 1. The number of rotatable bonds is 1. The van der Waals surface area contributed by atoms with Crippen molar-refractivity contribution >= 4 is 17.5 Å². The second-order valence-corrected chi connectivity index (χ2v) is 4.95. The Morgan fingerprint density at radius 1 is 1.65 bits per heavy atom. The fourth-order valence-electron chi connectivity index (χ4n) is 1.93. The van der Waals surface area contributed by atoms with E-state index in [2.05, 4.69) is 11.9 Å². The van der Waals surface area contributed by atoms with Crippen LogP contribution in [0.4, 0.5) is 4.39 Å². The Bertz CT molecular complexity index is 427. The smallest absolute Gasteiger partial charge is 0.256 e. The molecule has 0 N–H and O–H groups in total. The van der Waals surface area contributed by atoms with E-state index in [0.717, 1.165) is 12.6 Å².